The van der Waals surface area contributed by atoms with Crippen molar-refractivity contribution in [1.29, 1.82) is 0 Å². The molecule has 0 amide bonds. The highest BCUT2D eigenvalue weighted by molar-refractivity contribution is 6.30. The number of benzene rings is 1. The van der Waals surface area contributed by atoms with E-state index in [1.807, 2.05) is 31.2 Å². The van der Waals surface area contributed by atoms with E-state index in [1.165, 1.54) is 0 Å². The van der Waals surface area contributed by atoms with Gasteiger partial charge in [0.25, 0.3) is 0 Å². The lowest BCUT2D eigenvalue weighted by atomic mass is 10.0. The van der Waals surface area contributed by atoms with Crippen LogP contribution in [0.3, 0.4) is 0 Å². The van der Waals surface area contributed by atoms with Gasteiger partial charge in [0, 0.05) is 17.7 Å². The number of methoxy groups -OCH3 is 1. The summed E-state index contributed by atoms with van der Waals surface area (Å²) in [5, 5.41) is 0.566. The number of hydrogen-bond donors (Lipinski definition) is 0. The van der Waals surface area contributed by atoms with Gasteiger partial charge in [0.2, 0.25) is 0 Å². The quantitative estimate of drug-likeness (QED) is 0.793. The van der Waals surface area contributed by atoms with E-state index < -0.39 is 0 Å². The highest BCUT2D eigenvalue weighted by Gasteiger charge is 2.13. The van der Waals surface area contributed by atoms with Crippen LogP contribution in [0.25, 0.3) is 0 Å². The molecular weight excluding hydrogens is 272 g/mol. The average molecular weight is 291 g/mol. The van der Waals surface area contributed by atoms with Crippen LogP contribution in [0.4, 0.5) is 0 Å². The van der Waals surface area contributed by atoms with E-state index >= 15 is 0 Å². The molecule has 0 unspecified atom stereocenters. The van der Waals surface area contributed by atoms with E-state index in [0.717, 1.165) is 28.4 Å². The Balaban J connectivity index is 2.25. The van der Waals surface area contributed by atoms with Crippen LogP contribution in [0.15, 0.2) is 24.3 Å². The Hall–Kier alpha value is -1.61. The van der Waals surface area contributed by atoms with Crippen molar-refractivity contribution >= 4 is 11.6 Å². The number of nitrogens with zero attached hydrogens (tertiary/aromatic N) is 2. The molecule has 0 aliphatic carbocycles. The first-order valence-electron chi connectivity index (χ1n) is 6.67. The Bertz CT molecular complexity index is 571. The van der Waals surface area contributed by atoms with Crippen LogP contribution < -0.4 is 4.74 Å². The van der Waals surface area contributed by atoms with E-state index in [2.05, 4.69) is 23.8 Å². The number of aromatic nitrogens is 2. The highest BCUT2D eigenvalue weighted by atomic mass is 35.5. The molecule has 2 aromatic rings. The molecule has 106 valence electrons. The smallest absolute Gasteiger partial charge is 0.136 e. The maximum atomic E-state index is 6.27. The second-order valence-corrected chi connectivity index (χ2v) is 5.47. The molecule has 0 spiro atoms. The van der Waals surface area contributed by atoms with Crippen LogP contribution in [0.2, 0.25) is 5.15 Å². The number of hydrogen-bond acceptors (Lipinski definition) is 3. The van der Waals surface area contributed by atoms with E-state index in [9.17, 15) is 0 Å². The Morgan fingerprint density at radius 1 is 1.15 bits per heavy atom. The monoisotopic (exact) mass is 290 g/mol. The van der Waals surface area contributed by atoms with Crippen LogP contribution in [-0.4, -0.2) is 17.1 Å². The molecule has 0 saturated heterocycles. The molecular formula is C16H19ClN2O. The normalized spacial score (nSPS) is 10.9. The lowest BCUT2D eigenvalue weighted by molar-refractivity contribution is 0.414. The fourth-order valence-electron chi connectivity index (χ4n) is 2.26. The topological polar surface area (TPSA) is 35.0 Å². The van der Waals surface area contributed by atoms with Crippen molar-refractivity contribution in [3.63, 3.8) is 0 Å². The molecule has 4 heteroatoms. The summed E-state index contributed by atoms with van der Waals surface area (Å²) in [7, 11) is 1.66. The van der Waals surface area contributed by atoms with Crippen molar-refractivity contribution in [1.82, 2.24) is 9.97 Å². The van der Waals surface area contributed by atoms with Crippen molar-refractivity contribution in [3.05, 3.63) is 52.1 Å². The molecule has 0 radical (unpaired) electrons. The summed E-state index contributed by atoms with van der Waals surface area (Å²) in [4.78, 5) is 8.98. The third kappa shape index (κ3) is 3.28. The largest absolute Gasteiger partial charge is 0.497 e. The zero-order chi connectivity index (χ0) is 14.7. The summed E-state index contributed by atoms with van der Waals surface area (Å²) in [6.45, 7) is 6.18. The van der Waals surface area contributed by atoms with E-state index in [1.54, 1.807) is 7.11 Å². The molecule has 20 heavy (non-hydrogen) atoms. The minimum Gasteiger partial charge on any atom is -0.497 e. The average Bonchev–Trinajstić information content (AvgIpc) is 2.38. The van der Waals surface area contributed by atoms with Gasteiger partial charge in [-0.05, 0) is 30.5 Å². The van der Waals surface area contributed by atoms with E-state index in [0.29, 0.717) is 17.5 Å². The van der Waals surface area contributed by atoms with Gasteiger partial charge >= 0.3 is 0 Å². The predicted molar refractivity (Wildman–Crippen MR) is 81.7 cm³/mol. The molecule has 0 bridgehead atoms. The second-order valence-electron chi connectivity index (χ2n) is 5.11. The Morgan fingerprint density at radius 3 is 2.30 bits per heavy atom. The summed E-state index contributed by atoms with van der Waals surface area (Å²) in [5.74, 6) is 1.93. The van der Waals surface area contributed by atoms with Gasteiger partial charge in [-0.3, -0.25) is 0 Å². The van der Waals surface area contributed by atoms with Gasteiger partial charge < -0.3 is 4.74 Å². The summed E-state index contributed by atoms with van der Waals surface area (Å²) in [6.07, 6.45) is 0.670. The van der Waals surface area contributed by atoms with Gasteiger partial charge in [0.05, 0.1) is 7.11 Å². The third-order valence-corrected chi connectivity index (χ3v) is 3.52. The first-order chi connectivity index (χ1) is 9.51. The van der Waals surface area contributed by atoms with Gasteiger partial charge in [0.15, 0.2) is 0 Å². The maximum absolute atomic E-state index is 6.27. The van der Waals surface area contributed by atoms with Gasteiger partial charge in [-0.1, -0.05) is 37.6 Å². The number of ether oxygens (including phenoxy) is 1. The third-order valence-electron chi connectivity index (χ3n) is 3.23. The summed E-state index contributed by atoms with van der Waals surface area (Å²) in [5.41, 5.74) is 3.13. The summed E-state index contributed by atoms with van der Waals surface area (Å²) in [6, 6.07) is 7.90. The number of aryl methyl sites for hydroxylation is 1. The zero-order valence-corrected chi connectivity index (χ0v) is 13.0. The zero-order valence-electron chi connectivity index (χ0n) is 12.3. The SMILES string of the molecule is COc1ccc(Cc2nc(C)c(C(C)C)c(Cl)n2)cc1. The molecule has 0 saturated carbocycles. The minimum atomic E-state index is 0.331. The lowest BCUT2D eigenvalue weighted by Gasteiger charge is -2.12. The molecule has 1 heterocycles. The Kier molecular flexibility index (Phi) is 4.61. The van der Waals surface area contributed by atoms with Gasteiger partial charge in [-0.25, -0.2) is 9.97 Å². The van der Waals surface area contributed by atoms with Crippen molar-refractivity contribution in [2.24, 2.45) is 0 Å². The van der Waals surface area contributed by atoms with Crippen LogP contribution in [0, 0.1) is 6.92 Å². The van der Waals surface area contributed by atoms with Gasteiger partial charge in [-0.2, -0.15) is 0 Å². The molecule has 2 rings (SSSR count). The second kappa shape index (κ2) is 6.23. The Morgan fingerprint density at radius 2 is 1.80 bits per heavy atom. The highest BCUT2D eigenvalue weighted by Crippen LogP contribution is 2.25. The van der Waals surface area contributed by atoms with Crippen LogP contribution in [0.1, 0.15) is 42.4 Å². The van der Waals surface area contributed by atoms with Crippen molar-refractivity contribution in [2.75, 3.05) is 7.11 Å². The molecule has 0 aliphatic heterocycles. The maximum Gasteiger partial charge on any atom is 0.136 e. The Labute approximate surface area is 125 Å². The fraction of sp³-hybridized carbons (Fsp3) is 0.375. The molecule has 1 aromatic heterocycles. The number of halogens is 1. The van der Waals surface area contributed by atoms with Crippen molar-refractivity contribution < 1.29 is 4.74 Å². The van der Waals surface area contributed by atoms with Crippen molar-refractivity contribution in [2.45, 2.75) is 33.1 Å². The van der Waals surface area contributed by atoms with Gasteiger partial charge in [-0.15, -0.1) is 0 Å². The molecule has 0 fully saturated rings. The van der Waals surface area contributed by atoms with E-state index in [4.69, 9.17) is 16.3 Å². The van der Waals surface area contributed by atoms with Crippen molar-refractivity contribution in [3.8, 4) is 5.75 Å². The summed E-state index contributed by atoms with van der Waals surface area (Å²) < 4.78 is 5.15. The molecule has 3 nitrogen and oxygen atoms in total. The first-order valence-corrected chi connectivity index (χ1v) is 7.05. The lowest BCUT2D eigenvalue weighted by Crippen LogP contribution is -2.05. The van der Waals surface area contributed by atoms with Crippen LogP contribution in [-0.2, 0) is 6.42 Å². The number of rotatable bonds is 4. The standard InChI is InChI=1S/C16H19ClN2O/c1-10(2)15-11(3)18-14(19-16(15)17)9-12-5-7-13(20-4)8-6-12/h5-8,10H,9H2,1-4H3. The molecule has 0 aliphatic rings. The van der Waals surface area contributed by atoms with Crippen LogP contribution >= 0.6 is 11.6 Å². The van der Waals surface area contributed by atoms with Crippen LogP contribution in [0.5, 0.6) is 5.75 Å². The molecule has 1 aromatic carbocycles. The summed E-state index contributed by atoms with van der Waals surface area (Å²) >= 11 is 6.27. The minimum absolute atomic E-state index is 0.331. The predicted octanol–water partition coefficient (Wildman–Crippen LogP) is 4.16. The molecule has 0 N–H and O–H groups in total. The van der Waals surface area contributed by atoms with E-state index in [-0.39, 0.29) is 0 Å². The molecule has 0 atom stereocenters. The first kappa shape index (κ1) is 14.8. The fourth-order valence-corrected chi connectivity index (χ4v) is 2.72. The van der Waals surface area contributed by atoms with Gasteiger partial charge in [0.1, 0.15) is 16.7 Å².